The zero-order valence-corrected chi connectivity index (χ0v) is 16.7. The van der Waals surface area contributed by atoms with Gasteiger partial charge in [0.2, 0.25) is 0 Å². The number of ether oxygens (including phenoxy) is 1. The summed E-state index contributed by atoms with van der Waals surface area (Å²) in [6.07, 6.45) is 2.60. The Bertz CT molecular complexity index is 636. The van der Waals surface area contributed by atoms with Crippen molar-refractivity contribution in [3.63, 3.8) is 0 Å². The smallest absolute Gasteiger partial charge is 0.251 e. The average molecular weight is 401 g/mol. The molecule has 0 heterocycles. The van der Waals surface area contributed by atoms with Gasteiger partial charge in [-0.2, -0.15) is 0 Å². The Balaban J connectivity index is 1.64. The van der Waals surface area contributed by atoms with Crippen LogP contribution in [0.3, 0.4) is 0 Å². The molecule has 0 saturated heterocycles. The molecule has 1 aliphatic carbocycles. The van der Waals surface area contributed by atoms with Gasteiger partial charge in [-0.1, -0.05) is 23.2 Å². The Labute approximate surface area is 164 Å². The topological polar surface area (TPSA) is 66.0 Å². The van der Waals surface area contributed by atoms with Gasteiger partial charge in [-0.25, -0.2) is 0 Å². The van der Waals surface area contributed by atoms with Gasteiger partial charge in [0, 0.05) is 45.9 Å². The molecule has 8 heteroatoms. The lowest BCUT2D eigenvalue weighted by molar-refractivity contribution is 0.0954. The molecule has 144 valence electrons. The predicted octanol–water partition coefficient (Wildman–Crippen LogP) is 2.66. The van der Waals surface area contributed by atoms with Crippen molar-refractivity contribution in [3.05, 3.63) is 33.8 Å². The normalized spacial score (nSPS) is 14.2. The van der Waals surface area contributed by atoms with Crippen LogP contribution in [0.25, 0.3) is 0 Å². The number of carbonyl (C=O) groups excluding carboxylic acids is 1. The molecule has 0 spiro atoms. The number of guanidine groups is 1. The monoisotopic (exact) mass is 400 g/mol. The van der Waals surface area contributed by atoms with Gasteiger partial charge >= 0.3 is 0 Å². The lowest BCUT2D eigenvalue weighted by atomic mass is 10.2. The molecule has 0 bridgehead atoms. The third kappa shape index (κ3) is 7.02. The molecule has 6 nitrogen and oxygen atoms in total. The summed E-state index contributed by atoms with van der Waals surface area (Å²) in [5.41, 5.74) is 0.480. The van der Waals surface area contributed by atoms with Crippen LogP contribution in [0, 0.1) is 5.92 Å². The lowest BCUT2D eigenvalue weighted by Crippen LogP contribution is -2.43. The molecule has 1 aliphatic rings. The molecule has 1 aromatic rings. The summed E-state index contributed by atoms with van der Waals surface area (Å²) in [7, 11) is 3.70. The highest BCUT2D eigenvalue weighted by atomic mass is 35.5. The number of aliphatic imine (C=N–C) groups is 1. The number of nitrogens with one attached hydrogen (secondary N) is 2. The first-order valence-electron chi connectivity index (χ1n) is 8.74. The fraction of sp³-hybridized carbons (Fsp3) is 0.556. The van der Waals surface area contributed by atoms with Crippen molar-refractivity contribution >= 4 is 35.1 Å². The van der Waals surface area contributed by atoms with Crippen molar-refractivity contribution in [2.75, 3.05) is 46.9 Å². The van der Waals surface area contributed by atoms with Gasteiger partial charge in [0.15, 0.2) is 5.96 Å². The van der Waals surface area contributed by atoms with Crippen LogP contribution < -0.4 is 10.6 Å². The molecular formula is C18H26Cl2N4O2. The summed E-state index contributed by atoms with van der Waals surface area (Å²) in [4.78, 5) is 18.3. The first-order chi connectivity index (χ1) is 12.5. The van der Waals surface area contributed by atoms with Gasteiger partial charge in [-0.15, -0.1) is 0 Å². The van der Waals surface area contributed by atoms with Crippen molar-refractivity contribution in [1.29, 1.82) is 0 Å². The van der Waals surface area contributed by atoms with Crippen molar-refractivity contribution in [2.45, 2.75) is 12.8 Å². The highest BCUT2D eigenvalue weighted by molar-refractivity contribution is 6.42. The van der Waals surface area contributed by atoms with Gasteiger partial charge in [-0.3, -0.25) is 9.79 Å². The van der Waals surface area contributed by atoms with Gasteiger partial charge in [0.1, 0.15) is 0 Å². The van der Waals surface area contributed by atoms with E-state index in [4.69, 9.17) is 27.9 Å². The number of halogens is 2. The van der Waals surface area contributed by atoms with E-state index in [2.05, 4.69) is 15.6 Å². The third-order valence-corrected chi connectivity index (χ3v) is 4.81. The van der Waals surface area contributed by atoms with E-state index in [1.807, 2.05) is 11.9 Å². The number of benzene rings is 1. The number of hydrogen-bond acceptors (Lipinski definition) is 3. The minimum absolute atomic E-state index is 0.192. The Morgan fingerprint density at radius 3 is 2.65 bits per heavy atom. The highest BCUT2D eigenvalue weighted by Gasteiger charge is 2.21. The summed E-state index contributed by atoms with van der Waals surface area (Å²) in [6, 6.07) is 4.81. The molecule has 1 saturated carbocycles. The molecule has 0 unspecified atom stereocenters. The van der Waals surface area contributed by atoms with Gasteiger partial charge < -0.3 is 20.3 Å². The molecule has 1 aromatic carbocycles. The zero-order chi connectivity index (χ0) is 18.9. The second-order valence-corrected chi connectivity index (χ2v) is 7.11. The highest BCUT2D eigenvalue weighted by Crippen LogP contribution is 2.28. The first kappa shape index (κ1) is 20.8. The van der Waals surface area contributed by atoms with Crippen LogP contribution in [0.4, 0.5) is 0 Å². The Morgan fingerprint density at radius 1 is 1.27 bits per heavy atom. The molecule has 0 aromatic heterocycles. The lowest BCUT2D eigenvalue weighted by Gasteiger charge is -2.22. The van der Waals surface area contributed by atoms with Crippen LogP contribution in [0.5, 0.6) is 0 Å². The summed E-state index contributed by atoms with van der Waals surface area (Å²) in [6.45, 7) is 3.33. The number of amides is 1. The van der Waals surface area contributed by atoms with E-state index in [0.29, 0.717) is 35.3 Å². The van der Waals surface area contributed by atoms with Crippen molar-refractivity contribution < 1.29 is 9.53 Å². The van der Waals surface area contributed by atoms with E-state index in [9.17, 15) is 4.79 Å². The standard InChI is InChI=1S/C18H26Cl2N4O2/c1-21-18(24(2)9-10-26-12-13-3-4-13)23-8-7-22-17(25)14-5-6-15(19)16(20)11-14/h5-6,11,13H,3-4,7-10,12H2,1-2H3,(H,21,23)(H,22,25). The van der Waals surface area contributed by atoms with E-state index >= 15 is 0 Å². The van der Waals surface area contributed by atoms with Crippen LogP contribution >= 0.6 is 23.2 Å². The molecular weight excluding hydrogens is 375 g/mol. The number of hydrogen-bond donors (Lipinski definition) is 2. The summed E-state index contributed by atoms with van der Waals surface area (Å²) >= 11 is 11.8. The molecule has 1 fully saturated rings. The first-order valence-corrected chi connectivity index (χ1v) is 9.49. The van der Waals surface area contributed by atoms with Gasteiger partial charge in [0.05, 0.1) is 16.7 Å². The van der Waals surface area contributed by atoms with Crippen LogP contribution in [0.1, 0.15) is 23.2 Å². The molecule has 0 radical (unpaired) electrons. The predicted molar refractivity (Wildman–Crippen MR) is 106 cm³/mol. The molecule has 26 heavy (non-hydrogen) atoms. The minimum atomic E-state index is -0.192. The SMILES string of the molecule is CN=C(NCCNC(=O)c1ccc(Cl)c(Cl)c1)N(C)CCOCC1CC1. The fourth-order valence-corrected chi connectivity index (χ4v) is 2.61. The van der Waals surface area contributed by atoms with Crippen molar-refractivity contribution in [1.82, 2.24) is 15.5 Å². The number of nitrogens with zero attached hydrogens (tertiary/aromatic N) is 2. The van der Waals surface area contributed by atoms with Crippen molar-refractivity contribution in [2.24, 2.45) is 10.9 Å². The maximum Gasteiger partial charge on any atom is 0.251 e. The molecule has 1 amide bonds. The third-order valence-electron chi connectivity index (χ3n) is 4.07. The van der Waals surface area contributed by atoms with E-state index in [1.165, 1.54) is 12.8 Å². The van der Waals surface area contributed by atoms with E-state index in [1.54, 1.807) is 25.2 Å². The number of carbonyl (C=O) groups is 1. The summed E-state index contributed by atoms with van der Waals surface area (Å²) < 4.78 is 5.65. The summed E-state index contributed by atoms with van der Waals surface area (Å²) in [5.74, 6) is 1.35. The molecule has 0 atom stereocenters. The molecule has 2 rings (SSSR count). The number of likely N-dealkylation sites (N-methyl/N-ethyl adjacent to an activating group) is 1. The second-order valence-electron chi connectivity index (χ2n) is 6.30. The quantitative estimate of drug-likeness (QED) is 0.379. The second kappa shape index (κ2) is 10.6. The number of rotatable bonds is 9. The summed E-state index contributed by atoms with van der Waals surface area (Å²) in [5, 5.41) is 6.84. The zero-order valence-electron chi connectivity index (χ0n) is 15.2. The van der Waals surface area contributed by atoms with Gasteiger partial charge in [-0.05, 0) is 37.0 Å². The van der Waals surface area contributed by atoms with Gasteiger partial charge in [0.25, 0.3) is 5.91 Å². The minimum Gasteiger partial charge on any atom is -0.379 e. The Hall–Kier alpha value is -1.50. The molecule has 0 aliphatic heterocycles. The largest absolute Gasteiger partial charge is 0.379 e. The van der Waals surface area contributed by atoms with Crippen LogP contribution in [-0.4, -0.2) is 63.7 Å². The molecule has 2 N–H and O–H groups in total. The van der Waals surface area contributed by atoms with Crippen LogP contribution in [0.2, 0.25) is 10.0 Å². The van der Waals surface area contributed by atoms with E-state index in [0.717, 1.165) is 25.0 Å². The van der Waals surface area contributed by atoms with E-state index in [-0.39, 0.29) is 5.91 Å². The Morgan fingerprint density at radius 2 is 2.00 bits per heavy atom. The van der Waals surface area contributed by atoms with Crippen molar-refractivity contribution in [3.8, 4) is 0 Å². The average Bonchev–Trinajstić information content (AvgIpc) is 3.45. The maximum absolute atomic E-state index is 12.1. The van der Waals surface area contributed by atoms with Crippen LogP contribution in [-0.2, 0) is 4.74 Å². The fourth-order valence-electron chi connectivity index (χ4n) is 2.32. The Kier molecular flexibility index (Phi) is 8.48. The van der Waals surface area contributed by atoms with E-state index < -0.39 is 0 Å². The maximum atomic E-state index is 12.1. The van der Waals surface area contributed by atoms with Crippen LogP contribution in [0.15, 0.2) is 23.2 Å².